The van der Waals surface area contributed by atoms with E-state index in [1.54, 1.807) is 36.4 Å². The van der Waals surface area contributed by atoms with Gasteiger partial charge in [-0.1, -0.05) is 24.3 Å². The lowest BCUT2D eigenvalue weighted by Crippen LogP contribution is -2.29. The fourth-order valence-corrected chi connectivity index (χ4v) is 2.75. The predicted molar refractivity (Wildman–Crippen MR) is 102 cm³/mol. The van der Waals surface area contributed by atoms with Gasteiger partial charge in [0.2, 0.25) is 0 Å². The van der Waals surface area contributed by atoms with Gasteiger partial charge in [0.1, 0.15) is 17.1 Å². The molecule has 1 heterocycles. The predicted octanol–water partition coefficient (Wildman–Crippen LogP) is 3.61. The van der Waals surface area contributed by atoms with Crippen molar-refractivity contribution in [3.8, 4) is 5.75 Å². The third kappa shape index (κ3) is 4.06. The number of hydrogen-bond donors (Lipinski definition) is 1. The van der Waals surface area contributed by atoms with E-state index in [9.17, 15) is 14.0 Å². The van der Waals surface area contributed by atoms with Gasteiger partial charge in [0.25, 0.3) is 11.5 Å². The highest BCUT2D eigenvalue weighted by atomic mass is 19.1. The van der Waals surface area contributed by atoms with E-state index in [1.165, 1.54) is 30.0 Å². The minimum atomic E-state index is -0.549. The van der Waals surface area contributed by atoms with E-state index in [-0.39, 0.29) is 12.1 Å². The van der Waals surface area contributed by atoms with Gasteiger partial charge in [-0.15, -0.1) is 0 Å². The maximum Gasteiger partial charge on any atom is 0.263 e. The highest BCUT2D eigenvalue weighted by Gasteiger charge is 2.15. The summed E-state index contributed by atoms with van der Waals surface area (Å²) in [6.07, 6.45) is 1.53. The number of hydrogen-bond acceptors (Lipinski definition) is 3. The van der Waals surface area contributed by atoms with Crippen LogP contribution in [0.2, 0.25) is 0 Å². The molecule has 0 aliphatic heterocycles. The van der Waals surface area contributed by atoms with Gasteiger partial charge in [-0.2, -0.15) is 0 Å². The molecule has 0 aliphatic rings. The number of aromatic nitrogens is 1. The van der Waals surface area contributed by atoms with Crippen molar-refractivity contribution in [2.24, 2.45) is 0 Å². The second-order valence-electron chi connectivity index (χ2n) is 6.10. The zero-order valence-corrected chi connectivity index (χ0v) is 15.0. The molecule has 0 fully saturated rings. The van der Waals surface area contributed by atoms with Crippen LogP contribution in [0.4, 0.5) is 10.1 Å². The Morgan fingerprint density at radius 3 is 2.67 bits per heavy atom. The lowest BCUT2D eigenvalue weighted by Gasteiger charge is -2.12. The Bertz CT molecular complexity index is 1040. The molecule has 1 amide bonds. The highest BCUT2D eigenvalue weighted by molar-refractivity contribution is 6.04. The van der Waals surface area contributed by atoms with Crippen LogP contribution < -0.4 is 15.6 Å². The number of ether oxygens (including phenoxy) is 1. The number of anilines is 1. The van der Waals surface area contributed by atoms with E-state index >= 15 is 0 Å². The third-order valence-corrected chi connectivity index (χ3v) is 4.17. The zero-order valence-electron chi connectivity index (χ0n) is 15.0. The number of rotatable bonds is 5. The Balaban J connectivity index is 1.90. The van der Waals surface area contributed by atoms with E-state index in [1.807, 2.05) is 13.0 Å². The van der Waals surface area contributed by atoms with Crippen molar-refractivity contribution in [1.29, 1.82) is 0 Å². The van der Waals surface area contributed by atoms with Gasteiger partial charge in [0.05, 0.1) is 19.3 Å². The molecule has 27 heavy (non-hydrogen) atoms. The summed E-state index contributed by atoms with van der Waals surface area (Å²) in [5.74, 6) is -0.452. The molecule has 0 spiro atoms. The molecule has 1 N–H and O–H groups in total. The molecule has 0 unspecified atom stereocenters. The van der Waals surface area contributed by atoms with E-state index in [0.29, 0.717) is 17.0 Å². The SMILES string of the molecule is COc1ccc(C)cc1NC(=O)c1cccn(Cc2ccccc2F)c1=O. The van der Waals surface area contributed by atoms with Gasteiger partial charge in [0, 0.05) is 11.8 Å². The van der Waals surface area contributed by atoms with Crippen molar-refractivity contribution in [1.82, 2.24) is 4.57 Å². The summed E-state index contributed by atoms with van der Waals surface area (Å²) in [4.78, 5) is 25.3. The van der Waals surface area contributed by atoms with Crippen LogP contribution in [0.3, 0.4) is 0 Å². The highest BCUT2D eigenvalue weighted by Crippen LogP contribution is 2.25. The van der Waals surface area contributed by atoms with Gasteiger partial charge in [-0.05, 0) is 42.8 Å². The Hall–Kier alpha value is -3.41. The number of pyridine rings is 1. The van der Waals surface area contributed by atoms with E-state index in [4.69, 9.17) is 4.74 Å². The smallest absolute Gasteiger partial charge is 0.263 e. The van der Waals surface area contributed by atoms with Gasteiger partial charge in [-0.25, -0.2) is 4.39 Å². The fourth-order valence-electron chi connectivity index (χ4n) is 2.75. The second kappa shape index (κ2) is 7.86. The summed E-state index contributed by atoms with van der Waals surface area (Å²) in [7, 11) is 1.50. The van der Waals surface area contributed by atoms with Crippen molar-refractivity contribution >= 4 is 11.6 Å². The molecule has 0 bridgehead atoms. The molecule has 0 saturated carbocycles. The normalized spacial score (nSPS) is 10.5. The Kier molecular flexibility index (Phi) is 5.35. The van der Waals surface area contributed by atoms with Gasteiger partial charge in [0.15, 0.2) is 0 Å². The van der Waals surface area contributed by atoms with Crippen LogP contribution in [0.15, 0.2) is 65.6 Å². The number of nitrogens with zero attached hydrogens (tertiary/aromatic N) is 1. The zero-order chi connectivity index (χ0) is 19.4. The average Bonchev–Trinajstić information content (AvgIpc) is 2.65. The van der Waals surface area contributed by atoms with E-state index < -0.39 is 17.3 Å². The first-order valence-electron chi connectivity index (χ1n) is 8.38. The minimum absolute atomic E-state index is 0.0302. The molecule has 0 radical (unpaired) electrons. The number of amides is 1. The van der Waals surface area contributed by atoms with Crippen molar-refractivity contribution in [3.63, 3.8) is 0 Å². The molecular weight excluding hydrogens is 347 g/mol. The molecule has 5 nitrogen and oxygen atoms in total. The monoisotopic (exact) mass is 366 g/mol. The first-order valence-corrected chi connectivity index (χ1v) is 8.38. The molecule has 0 atom stereocenters. The molecule has 1 aromatic heterocycles. The number of nitrogens with one attached hydrogen (secondary N) is 1. The van der Waals surface area contributed by atoms with Crippen LogP contribution in [0, 0.1) is 12.7 Å². The molecule has 0 saturated heterocycles. The Morgan fingerprint density at radius 1 is 1.15 bits per heavy atom. The van der Waals surface area contributed by atoms with Crippen LogP contribution in [-0.4, -0.2) is 17.6 Å². The van der Waals surface area contributed by atoms with E-state index in [2.05, 4.69) is 5.32 Å². The first kappa shape index (κ1) is 18.4. The number of methoxy groups -OCH3 is 1. The minimum Gasteiger partial charge on any atom is -0.495 e. The summed E-state index contributed by atoms with van der Waals surface area (Å²) in [6, 6.07) is 14.6. The molecule has 2 aromatic carbocycles. The molecule has 138 valence electrons. The second-order valence-corrected chi connectivity index (χ2v) is 6.10. The Labute approximate surface area is 156 Å². The number of aryl methyl sites for hydroxylation is 1. The van der Waals surface area contributed by atoms with Crippen LogP contribution in [0.25, 0.3) is 0 Å². The first-order chi connectivity index (χ1) is 13.0. The van der Waals surface area contributed by atoms with Gasteiger partial charge in [-0.3, -0.25) is 9.59 Å². The number of carbonyl (C=O) groups excluding carboxylic acids is 1. The van der Waals surface area contributed by atoms with Gasteiger partial charge >= 0.3 is 0 Å². The molecular formula is C21H19FN2O3. The third-order valence-electron chi connectivity index (χ3n) is 4.17. The van der Waals surface area contributed by atoms with Gasteiger partial charge < -0.3 is 14.6 Å². The van der Waals surface area contributed by atoms with Crippen molar-refractivity contribution in [3.05, 3.63) is 93.7 Å². The maximum atomic E-state index is 13.9. The summed E-state index contributed by atoms with van der Waals surface area (Å²) < 4.78 is 20.4. The van der Waals surface area contributed by atoms with Crippen molar-refractivity contribution in [2.45, 2.75) is 13.5 Å². The summed E-state index contributed by atoms with van der Waals surface area (Å²) in [6.45, 7) is 1.93. The molecule has 0 aliphatic carbocycles. The summed E-state index contributed by atoms with van der Waals surface area (Å²) >= 11 is 0. The van der Waals surface area contributed by atoms with E-state index in [0.717, 1.165) is 5.56 Å². The topological polar surface area (TPSA) is 60.3 Å². The largest absolute Gasteiger partial charge is 0.495 e. The van der Waals surface area contributed by atoms with Crippen LogP contribution in [0.5, 0.6) is 5.75 Å². The van der Waals surface area contributed by atoms with Crippen LogP contribution in [0.1, 0.15) is 21.5 Å². The number of benzene rings is 2. The Morgan fingerprint density at radius 2 is 1.93 bits per heavy atom. The molecule has 3 aromatic rings. The maximum absolute atomic E-state index is 13.9. The molecule has 6 heteroatoms. The lowest BCUT2D eigenvalue weighted by molar-refractivity contribution is 0.102. The summed E-state index contributed by atoms with van der Waals surface area (Å²) in [5, 5.41) is 2.71. The summed E-state index contributed by atoms with van der Waals surface area (Å²) in [5.41, 5.74) is 1.27. The van der Waals surface area contributed by atoms with Crippen molar-refractivity contribution < 1.29 is 13.9 Å². The lowest BCUT2D eigenvalue weighted by atomic mass is 10.2. The quantitative estimate of drug-likeness (QED) is 0.750. The number of halogens is 1. The van der Waals surface area contributed by atoms with Crippen molar-refractivity contribution in [2.75, 3.05) is 12.4 Å². The molecule has 3 rings (SSSR count). The number of carbonyl (C=O) groups is 1. The van der Waals surface area contributed by atoms with Crippen LogP contribution >= 0.6 is 0 Å². The standard InChI is InChI=1S/C21H19FN2O3/c1-14-9-10-19(27-2)18(12-14)23-20(25)16-7-5-11-24(21(16)26)13-15-6-3-4-8-17(15)22/h3-12H,13H2,1-2H3,(H,23,25). The fraction of sp³-hybridized carbons (Fsp3) is 0.143. The van der Waals surface area contributed by atoms with Crippen LogP contribution in [-0.2, 0) is 6.54 Å². The average molecular weight is 366 g/mol.